The van der Waals surface area contributed by atoms with Gasteiger partial charge in [0.05, 0.1) is 12.7 Å². The van der Waals surface area contributed by atoms with Crippen molar-refractivity contribution in [2.75, 3.05) is 13.2 Å². The van der Waals surface area contributed by atoms with E-state index >= 15 is 0 Å². The van der Waals surface area contributed by atoms with Crippen molar-refractivity contribution < 1.29 is 20.1 Å². The minimum atomic E-state index is -1.11. The first-order valence-electron chi connectivity index (χ1n) is 4.75. The highest BCUT2D eigenvalue weighted by Gasteiger charge is 2.24. The fourth-order valence-electron chi connectivity index (χ4n) is 1.08. The number of aliphatic hydroxyl groups excluding tert-OH is 3. The van der Waals surface area contributed by atoms with Gasteiger partial charge in [0.2, 0.25) is 0 Å². The maximum Gasteiger partial charge on any atom is 0.108 e. The molecule has 4 nitrogen and oxygen atoms in total. The molecule has 0 spiro atoms. The minimum Gasteiger partial charge on any atom is -0.394 e. The van der Waals surface area contributed by atoms with Gasteiger partial charge in [0.15, 0.2) is 0 Å². The van der Waals surface area contributed by atoms with E-state index in [9.17, 15) is 5.11 Å². The van der Waals surface area contributed by atoms with Crippen LogP contribution in [0.15, 0.2) is 0 Å². The third kappa shape index (κ3) is 4.57. The van der Waals surface area contributed by atoms with Gasteiger partial charge in [0.25, 0.3) is 0 Å². The van der Waals surface area contributed by atoms with Crippen LogP contribution in [0.25, 0.3) is 0 Å². The molecular formula is C9H20O4. The Morgan fingerprint density at radius 2 is 1.85 bits per heavy atom. The van der Waals surface area contributed by atoms with Crippen molar-refractivity contribution in [2.24, 2.45) is 0 Å². The predicted octanol–water partition coefficient (Wildman–Crippen LogP) is -0.0943. The highest BCUT2D eigenvalue weighted by Crippen LogP contribution is 2.08. The highest BCUT2D eigenvalue weighted by molar-refractivity contribution is 4.74. The molecule has 0 radical (unpaired) electrons. The van der Waals surface area contributed by atoms with Crippen LogP contribution in [0.2, 0.25) is 0 Å². The highest BCUT2D eigenvalue weighted by atomic mass is 16.5. The number of rotatable bonds is 7. The van der Waals surface area contributed by atoms with Crippen molar-refractivity contribution in [3.8, 4) is 0 Å². The quantitative estimate of drug-likeness (QED) is 0.527. The van der Waals surface area contributed by atoms with Crippen LogP contribution in [-0.2, 0) is 4.74 Å². The first-order valence-corrected chi connectivity index (χ1v) is 4.75. The summed E-state index contributed by atoms with van der Waals surface area (Å²) in [5.74, 6) is 0. The minimum absolute atomic E-state index is 0.387. The molecule has 0 bridgehead atoms. The van der Waals surface area contributed by atoms with Crippen molar-refractivity contribution in [3.05, 3.63) is 0 Å². The molecule has 4 heteroatoms. The van der Waals surface area contributed by atoms with E-state index in [0.717, 1.165) is 6.42 Å². The molecule has 0 saturated carbocycles. The van der Waals surface area contributed by atoms with E-state index in [-0.39, 0.29) is 6.10 Å². The molecular weight excluding hydrogens is 172 g/mol. The van der Waals surface area contributed by atoms with Crippen molar-refractivity contribution >= 4 is 0 Å². The molecule has 0 aliphatic carbocycles. The summed E-state index contributed by atoms with van der Waals surface area (Å²) >= 11 is 0. The van der Waals surface area contributed by atoms with Crippen molar-refractivity contribution in [1.29, 1.82) is 0 Å². The summed E-state index contributed by atoms with van der Waals surface area (Å²) in [5.41, 5.74) is 0. The van der Waals surface area contributed by atoms with Crippen LogP contribution in [0, 0.1) is 0 Å². The van der Waals surface area contributed by atoms with E-state index in [2.05, 4.69) is 0 Å². The van der Waals surface area contributed by atoms with Crippen LogP contribution in [0.1, 0.15) is 26.7 Å². The molecule has 13 heavy (non-hydrogen) atoms. The van der Waals surface area contributed by atoms with Gasteiger partial charge in [-0.2, -0.15) is 0 Å². The molecule has 0 aliphatic heterocycles. The lowest BCUT2D eigenvalue weighted by molar-refractivity contribution is -0.102. The Bertz CT molecular complexity index is 118. The van der Waals surface area contributed by atoms with Crippen molar-refractivity contribution in [2.45, 2.75) is 45.0 Å². The van der Waals surface area contributed by atoms with Crippen LogP contribution in [0.5, 0.6) is 0 Å². The zero-order valence-corrected chi connectivity index (χ0v) is 8.31. The van der Waals surface area contributed by atoms with Crippen LogP contribution >= 0.6 is 0 Å². The van der Waals surface area contributed by atoms with E-state index in [4.69, 9.17) is 14.9 Å². The number of aliphatic hydroxyl groups is 3. The zero-order valence-electron chi connectivity index (χ0n) is 8.31. The van der Waals surface area contributed by atoms with Gasteiger partial charge >= 0.3 is 0 Å². The SMILES string of the molecule is CCCOC(CC)C(O)C(O)CO. The fraction of sp³-hybridized carbons (Fsp3) is 1.00. The Labute approximate surface area is 79.2 Å². The molecule has 0 amide bonds. The Balaban J connectivity index is 3.90. The van der Waals surface area contributed by atoms with Gasteiger partial charge in [-0.05, 0) is 12.8 Å². The van der Waals surface area contributed by atoms with Crippen molar-refractivity contribution in [1.82, 2.24) is 0 Å². The summed E-state index contributed by atoms with van der Waals surface area (Å²) in [7, 11) is 0. The van der Waals surface area contributed by atoms with E-state index in [0.29, 0.717) is 13.0 Å². The molecule has 0 aromatic carbocycles. The molecule has 0 rings (SSSR count). The number of hydrogen-bond donors (Lipinski definition) is 3. The van der Waals surface area contributed by atoms with Gasteiger partial charge in [-0.1, -0.05) is 13.8 Å². The number of hydrogen-bond acceptors (Lipinski definition) is 4. The fourth-order valence-corrected chi connectivity index (χ4v) is 1.08. The average Bonchev–Trinajstić information content (AvgIpc) is 2.17. The van der Waals surface area contributed by atoms with Crippen molar-refractivity contribution in [3.63, 3.8) is 0 Å². The second kappa shape index (κ2) is 7.26. The number of ether oxygens (including phenoxy) is 1. The molecule has 3 atom stereocenters. The van der Waals surface area contributed by atoms with Gasteiger partial charge < -0.3 is 20.1 Å². The third-order valence-electron chi connectivity index (χ3n) is 1.90. The second-order valence-corrected chi connectivity index (χ2v) is 3.06. The maximum atomic E-state index is 9.47. The molecule has 80 valence electrons. The summed E-state index contributed by atoms with van der Waals surface area (Å²) in [6.45, 7) is 3.97. The molecule has 3 unspecified atom stereocenters. The predicted molar refractivity (Wildman–Crippen MR) is 49.4 cm³/mol. The van der Waals surface area contributed by atoms with Crippen LogP contribution in [-0.4, -0.2) is 46.8 Å². The molecule has 0 saturated heterocycles. The van der Waals surface area contributed by atoms with Gasteiger partial charge in [-0.25, -0.2) is 0 Å². The first-order chi connectivity index (χ1) is 6.17. The largest absolute Gasteiger partial charge is 0.394 e. The van der Waals surface area contributed by atoms with E-state index < -0.39 is 18.8 Å². The van der Waals surface area contributed by atoms with Gasteiger partial charge in [0.1, 0.15) is 12.2 Å². The molecule has 0 aromatic heterocycles. The smallest absolute Gasteiger partial charge is 0.108 e. The Hall–Kier alpha value is -0.160. The first kappa shape index (κ1) is 12.8. The summed E-state index contributed by atoms with van der Waals surface area (Å²) < 4.78 is 5.30. The summed E-state index contributed by atoms with van der Waals surface area (Å²) in [6.07, 6.45) is -0.998. The van der Waals surface area contributed by atoms with Crippen LogP contribution in [0.4, 0.5) is 0 Å². The summed E-state index contributed by atoms with van der Waals surface area (Å²) in [4.78, 5) is 0. The van der Waals surface area contributed by atoms with E-state index in [1.54, 1.807) is 0 Å². The third-order valence-corrected chi connectivity index (χ3v) is 1.90. The average molecular weight is 192 g/mol. The lowest BCUT2D eigenvalue weighted by atomic mass is 10.1. The second-order valence-electron chi connectivity index (χ2n) is 3.06. The monoisotopic (exact) mass is 192 g/mol. The van der Waals surface area contributed by atoms with Gasteiger partial charge in [0, 0.05) is 6.61 Å². The normalized spacial score (nSPS) is 18.2. The lowest BCUT2D eigenvalue weighted by Gasteiger charge is -2.24. The standard InChI is InChI=1S/C9H20O4/c1-3-5-13-8(4-2)9(12)7(11)6-10/h7-12H,3-6H2,1-2H3. The lowest BCUT2D eigenvalue weighted by Crippen LogP contribution is -2.40. The summed E-state index contributed by atoms with van der Waals surface area (Å²) in [6, 6.07) is 0. The Morgan fingerprint density at radius 1 is 1.23 bits per heavy atom. The molecule has 0 aliphatic rings. The van der Waals surface area contributed by atoms with Crippen LogP contribution < -0.4 is 0 Å². The molecule has 0 heterocycles. The van der Waals surface area contributed by atoms with Gasteiger partial charge in [-0.3, -0.25) is 0 Å². The topological polar surface area (TPSA) is 69.9 Å². The Kier molecular flexibility index (Phi) is 7.17. The zero-order chi connectivity index (χ0) is 10.3. The molecule has 0 fully saturated rings. The molecule has 3 N–H and O–H groups in total. The maximum absolute atomic E-state index is 9.47. The molecule has 0 aromatic rings. The van der Waals surface area contributed by atoms with Crippen LogP contribution in [0.3, 0.4) is 0 Å². The van der Waals surface area contributed by atoms with E-state index in [1.807, 2.05) is 13.8 Å². The Morgan fingerprint density at radius 3 is 2.23 bits per heavy atom. The van der Waals surface area contributed by atoms with Gasteiger partial charge in [-0.15, -0.1) is 0 Å². The van der Waals surface area contributed by atoms with E-state index in [1.165, 1.54) is 0 Å². The summed E-state index contributed by atoms with van der Waals surface area (Å²) in [5, 5.41) is 27.2.